The van der Waals surface area contributed by atoms with E-state index >= 15 is 0 Å². The minimum atomic E-state index is -0.781. The van der Waals surface area contributed by atoms with E-state index in [1.165, 1.54) is 0 Å². The summed E-state index contributed by atoms with van der Waals surface area (Å²) in [6.07, 6.45) is 3.94. The molecule has 6 nitrogen and oxygen atoms in total. The van der Waals surface area contributed by atoms with Crippen LogP contribution in [0.4, 0.5) is 5.69 Å². The summed E-state index contributed by atoms with van der Waals surface area (Å²) in [6, 6.07) is 8.01. The SMILES string of the molecule is CCOc1ccccc1N1CCN(C(=O)C2C3CCC(CC3)C2C(=O)O)CC1. The molecule has 1 heterocycles. The zero-order chi connectivity index (χ0) is 19.7. The monoisotopic (exact) mass is 386 g/mol. The minimum absolute atomic E-state index is 0.0690. The van der Waals surface area contributed by atoms with Crippen LogP contribution >= 0.6 is 0 Å². The lowest BCUT2D eigenvalue weighted by Gasteiger charge is -2.48. The average Bonchev–Trinajstić information content (AvgIpc) is 2.74. The number of aliphatic carboxylic acids is 1. The van der Waals surface area contributed by atoms with Gasteiger partial charge in [-0.15, -0.1) is 0 Å². The van der Waals surface area contributed by atoms with E-state index in [0.29, 0.717) is 19.7 Å². The molecule has 3 aliphatic carbocycles. The summed E-state index contributed by atoms with van der Waals surface area (Å²) in [5.41, 5.74) is 1.07. The third-order valence-corrected chi connectivity index (χ3v) is 6.89. The minimum Gasteiger partial charge on any atom is -0.492 e. The van der Waals surface area contributed by atoms with Crippen molar-refractivity contribution in [1.29, 1.82) is 0 Å². The van der Waals surface area contributed by atoms with Gasteiger partial charge in [0.05, 0.1) is 24.1 Å². The Morgan fingerprint density at radius 3 is 2.21 bits per heavy atom. The zero-order valence-corrected chi connectivity index (χ0v) is 16.5. The predicted octanol–water partition coefficient (Wildman–Crippen LogP) is 2.87. The number of carboxylic acid groups (broad SMARTS) is 1. The number of nitrogens with zero attached hydrogens (tertiary/aromatic N) is 2. The molecule has 4 fully saturated rings. The van der Waals surface area contributed by atoms with E-state index in [2.05, 4.69) is 11.0 Å². The number of piperazine rings is 1. The highest BCUT2D eigenvalue weighted by atomic mass is 16.5. The molecule has 2 atom stereocenters. The van der Waals surface area contributed by atoms with Crippen LogP contribution in [0, 0.1) is 23.7 Å². The third-order valence-electron chi connectivity index (χ3n) is 6.89. The molecule has 0 aromatic heterocycles. The van der Waals surface area contributed by atoms with Gasteiger partial charge in [-0.2, -0.15) is 0 Å². The van der Waals surface area contributed by atoms with Crippen LogP contribution < -0.4 is 9.64 Å². The summed E-state index contributed by atoms with van der Waals surface area (Å²) in [5.74, 6) is -0.230. The Kier molecular flexibility index (Phi) is 5.47. The fourth-order valence-corrected chi connectivity index (χ4v) is 5.53. The molecule has 1 N–H and O–H groups in total. The van der Waals surface area contributed by atoms with Gasteiger partial charge in [0.1, 0.15) is 5.75 Å². The number of amides is 1. The van der Waals surface area contributed by atoms with Crippen molar-refractivity contribution in [3.8, 4) is 5.75 Å². The second-order valence-corrected chi connectivity index (χ2v) is 8.28. The fraction of sp³-hybridized carbons (Fsp3) is 0.636. The van der Waals surface area contributed by atoms with Crippen molar-refractivity contribution in [3.05, 3.63) is 24.3 Å². The Labute approximate surface area is 166 Å². The van der Waals surface area contributed by atoms with E-state index in [4.69, 9.17) is 4.74 Å². The lowest BCUT2D eigenvalue weighted by atomic mass is 9.58. The summed E-state index contributed by atoms with van der Waals surface area (Å²) >= 11 is 0. The normalized spacial score (nSPS) is 29.6. The molecule has 3 saturated carbocycles. The Bertz CT molecular complexity index is 721. The van der Waals surface area contributed by atoms with Gasteiger partial charge in [-0.05, 0) is 56.6 Å². The molecule has 2 bridgehead atoms. The molecule has 4 aliphatic rings. The Hall–Kier alpha value is -2.24. The van der Waals surface area contributed by atoms with Crippen LogP contribution in [0.15, 0.2) is 24.3 Å². The molecule has 1 saturated heterocycles. The van der Waals surface area contributed by atoms with Crippen molar-refractivity contribution in [1.82, 2.24) is 4.90 Å². The first-order chi connectivity index (χ1) is 13.6. The standard InChI is InChI=1S/C22H30N2O4/c1-2-28-18-6-4-3-5-17(18)23-11-13-24(14-12-23)21(25)19-15-7-9-16(10-8-15)20(19)22(26)27/h3-6,15-16,19-20H,2,7-14H2,1H3,(H,26,27). The van der Waals surface area contributed by atoms with Crippen molar-refractivity contribution >= 4 is 17.6 Å². The number of fused-ring (bicyclic) bond motifs is 3. The van der Waals surface area contributed by atoms with E-state index in [1.807, 2.05) is 30.0 Å². The number of ether oxygens (including phenoxy) is 1. The number of hydrogen-bond acceptors (Lipinski definition) is 4. The smallest absolute Gasteiger partial charge is 0.307 e. The summed E-state index contributed by atoms with van der Waals surface area (Å²) in [4.78, 5) is 29.3. The number of para-hydroxylation sites is 2. The van der Waals surface area contributed by atoms with Crippen LogP contribution in [0.5, 0.6) is 5.75 Å². The van der Waals surface area contributed by atoms with Gasteiger partial charge in [0.25, 0.3) is 0 Å². The maximum Gasteiger partial charge on any atom is 0.307 e. The van der Waals surface area contributed by atoms with Gasteiger partial charge in [-0.25, -0.2) is 0 Å². The summed E-state index contributed by atoms with van der Waals surface area (Å²) in [6.45, 7) is 5.36. The first kappa shape index (κ1) is 19.1. The van der Waals surface area contributed by atoms with E-state index in [0.717, 1.165) is 50.2 Å². The van der Waals surface area contributed by atoms with Crippen LogP contribution in [0.3, 0.4) is 0 Å². The van der Waals surface area contributed by atoms with E-state index in [9.17, 15) is 14.7 Å². The van der Waals surface area contributed by atoms with Gasteiger partial charge in [0.15, 0.2) is 0 Å². The quantitative estimate of drug-likeness (QED) is 0.843. The molecule has 6 heteroatoms. The van der Waals surface area contributed by atoms with Crippen LogP contribution in [-0.2, 0) is 9.59 Å². The average molecular weight is 386 g/mol. The highest BCUT2D eigenvalue weighted by Gasteiger charge is 2.51. The number of hydrogen-bond donors (Lipinski definition) is 1. The first-order valence-electron chi connectivity index (χ1n) is 10.6. The van der Waals surface area contributed by atoms with Gasteiger partial charge in [-0.1, -0.05) is 12.1 Å². The molecule has 1 aromatic carbocycles. The number of benzene rings is 1. The molecule has 152 valence electrons. The lowest BCUT2D eigenvalue weighted by molar-refractivity contribution is -0.162. The second-order valence-electron chi connectivity index (χ2n) is 8.28. The highest BCUT2D eigenvalue weighted by molar-refractivity contribution is 5.86. The van der Waals surface area contributed by atoms with Gasteiger partial charge < -0.3 is 19.6 Å². The lowest BCUT2D eigenvalue weighted by Crippen LogP contribution is -2.56. The first-order valence-corrected chi connectivity index (χ1v) is 10.6. The van der Waals surface area contributed by atoms with Crippen molar-refractivity contribution in [3.63, 3.8) is 0 Å². The van der Waals surface area contributed by atoms with Crippen LogP contribution in [0.2, 0.25) is 0 Å². The van der Waals surface area contributed by atoms with E-state index in [-0.39, 0.29) is 23.7 Å². The topological polar surface area (TPSA) is 70.1 Å². The molecule has 0 spiro atoms. The van der Waals surface area contributed by atoms with Gasteiger partial charge >= 0.3 is 5.97 Å². The molecular formula is C22H30N2O4. The van der Waals surface area contributed by atoms with Crippen molar-refractivity contribution in [2.45, 2.75) is 32.6 Å². The Balaban J connectivity index is 1.44. The molecular weight excluding hydrogens is 356 g/mol. The maximum atomic E-state index is 13.3. The summed E-state index contributed by atoms with van der Waals surface area (Å²) in [5, 5.41) is 9.76. The molecule has 5 rings (SSSR count). The molecule has 0 radical (unpaired) electrons. The van der Waals surface area contributed by atoms with Crippen LogP contribution in [0.1, 0.15) is 32.6 Å². The van der Waals surface area contributed by atoms with Crippen molar-refractivity contribution in [2.75, 3.05) is 37.7 Å². The van der Waals surface area contributed by atoms with E-state index < -0.39 is 11.9 Å². The number of carbonyl (C=O) groups is 2. The fourth-order valence-electron chi connectivity index (χ4n) is 5.53. The largest absolute Gasteiger partial charge is 0.492 e. The molecule has 1 aromatic rings. The van der Waals surface area contributed by atoms with Gasteiger partial charge in [0, 0.05) is 26.2 Å². The Morgan fingerprint density at radius 1 is 1.00 bits per heavy atom. The molecule has 28 heavy (non-hydrogen) atoms. The number of carbonyl (C=O) groups excluding carboxylic acids is 1. The molecule has 1 aliphatic heterocycles. The second kappa shape index (κ2) is 8.02. The van der Waals surface area contributed by atoms with Crippen molar-refractivity contribution in [2.24, 2.45) is 23.7 Å². The van der Waals surface area contributed by atoms with E-state index in [1.54, 1.807) is 0 Å². The zero-order valence-electron chi connectivity index (χ0n) is 16.5. The summed E-state index contributed by atoms with van der Waals surface area (Å²) < 4.78 is 5.75. The van der Waals surface area contributed by atoms with Crippen LogP contribution in [0.25, 0.3) is 0 Å². The van der Waals surface area contributed by atoms with Gasteiger partial charge in [0.2, 0.25) is 5.91 Å². The number of rotatable bonds is 5. The van der Waals surface area contributed by atoms with Crippen LogP contribution in [-0.4, -0.2) is 54.7 Å². The maximum absolute atomic E-state index is 13.3. The predicted molar refractivity (Wildman–Crippen MR) is 106 cm³/mol. The van der Waals surface area contributed by atoms with Gasteiger partial charge in [-0.3, -0.25) is 9.59 Å². The summed E-state index contributed by atoms with van der Waals surface area (Å²) in [7, 11) is 0. The highest BCUT2D eigenvalue weighted by Crippen LogP contribution is 2.49. The molecule has 2 unspecified atom stereocenters. The molecule has 1 amide bonds. The number of anilines is 1. The number of carboxylic acids is 1. The Morgan fingerprint density at radius 2 is 1.61 bits per heavy atom. The van der Waals surface area contributed by atoms with Crippen molar-refractivity contribution < 1.29 is 19.4 Å². The third kappa shape index (κ3) is 3.45.